The zero-order valence-corrected chi connectivity index (χ0v) is 26.4. The zero-order chi connectivity index (χ0) is 31.7. The Bertz CT molecular complexity index is 1890. The Morgan fingerprint density at radius 2 is 1.24 bits per heavy atom. The van der Waals surface area contributed by atoms with Gasteiger partial charge in [-0.15, -0.1) is 0 Å². The number of anilines is 2. The topological polar surface area (TPSA) is 59.1 Å². The van der Waals surface area contributed by atoms with Gasteiger partial charge >= 0.3 is 11.9 Å². The SMILES string of the molecule is COC(=O)C1=C(C(=O)OC)C2(c3ccccc3-c3ccccc32)C(c2ccc(N(C)C)cc2)C=C2N1c1ccccc1C2(C)C. The molecule has 2 aliphatic heterocycles. The van der Waals surface area contributed by atoms with Gasteiger partial charge in [-0.1, -0.05) is 98.8 Å². The number of carbonyl (C=O) groups excluding carboxylic acids is 2. The van der Waals surface area contributed by atoms with E-state index < -0.39 is 28.7 Å². The van der Waals surface area contributed by atoms with Gasteiger partial charge in [0.2, 0.25) is 0 Å². The molecule has 6 heteroatoms. The van der Waals surface area contributed by atoms with Crippen LogP contribution in [-0.2, 0) is 29.9 Å². The van der Waals surface area contributed by atoms with E-state index in [1.54, 1.807) is 0 Å². The van der Waals surface area contributed by atoms with Crippen LogP contribution in [0.1, 0.15) is 42.0 Å². The van der Waals surface area contributed by atoms with Gasteiger partial charge in [-0.2, -0.15) is 0 Å². The van der Waals surface area contributed by atoms with Crippen molar-refractivity contribution in [1.29, 1.82) is 0 Å². The highest BCUT2D eigenvalue weighted by Crippen LogP contribution is 2.64. The molecule has 6 nitrogen and oxygen atoms in total. The Balaban J connectivity index is 1.72. The molecule has 226 valence electrons. The normalized spacial score (nSPS) is 18.3. The summed E-state index contributed by atoms with van der Waals surface area (Å²) in [5.74, 6) is -1.58. The molecule has 4 aromatic rings. The first kappa shape index (κ1) is 28.7. The molecule has 1 aliphatic carbocycles. The third-order valence-corrected chi connectivity index (χ3v) is 9.88. The molecule has 0 radical (unpaired) electrons. The Labute approximate surface area is 264 Å². The first-order valence-electron chi connectivity index (χ1n) is 15.2. The molecule has 1 unspecified atom stereocenters. The molecular weight excluding hydrogens is 560 g/mol. The third-order valence-electron chi connectivity index (χ3n) is 9.88. The number of methoxy groups -OCH3 is 2. The quantitative estimate of drug-likeness (QED) is 0.234. The fourth-order valence-corrected chi connectivity index (χ4v) is 7.85. The molecule has 0 saturated heterocycles. The van der Waals surface area contributed by atoms with Crippen molar-refractivity contribution >= 4 is 23.3 Å². The first-order valence-corrected chi connectivity index (χ1v) is 15.2. The number of allylic oxidation sites excluding steroid dienone is 2. The van der Waals surface area contributed by atoms with Crippen LogP contribution in [0.25, 0.3) is 11.1 Å². The highest BCUT2D eigenvalue weighted by molar-refractivity contribution is 6.09. The third kappa shape index (κ3) is 3.81. The summed E-state index contributed by atoms with van der Waals surface area (Å²) in [7, 11) is 6.79. The smallest absolute Gasteiger partial charge is 0.355 e. The number of ether oxygens (including phenoxy) is 2. The maximum absolute atomic E-state index is 14.6. The molecule has 3 aliphatic rings. The maximum atomic E-state index is 14.6. The van der Waals surface area contributed by atoms with E-state index in [1.165, 1.54) is 14.2 Å². The molecule has 2 heterocycles. The number of fused-ring (bicyclic) bond motifs is 8. The van der Waals surface area contributed by atoms with Crippen molar-refractivity contribution in [2.45, 2.75) is 30.6 Å². The molecule has 1 spiro atoms. The van der Waals surface area contributed by atoms with E-state index in [0.29, 0.717) is 0 Å². The molecule has 0 bridgehead atoms. The predicted molar refractivity (Wildman–Crippen MR) is 177 cm³/mol. The minimum Gasteiger partial charge on any atom is -0.466 e. The molecule has 45 heavy (non-hydrogen) atoms. The van der Waals surface area contributed by atoms with Crippen molar-refractivity contribution in [3.05, 3.63) is 142 Å². The number of esters is 2. The number of carbonyl (C=O) groups is 2. The molecule has 0 fully saturated rings. The van der Waals surface area contributed by atoms with Gasteiger partial charge in [-0.25, -0.2) is 9.59 Å². The Hall–Kier alpha value is -5.10. The van der Waals surface area contributed by atoms with Crippen LogP contribution in [0, 0.1) is 0 Å². The van der Waals surface area contributed by atoms with Gasteiger partial charge < -0.3 is 19.3 Å². The molecule has 1 atom stereocenters. The molecule has 7 rings (SSSR count). The Morgan fingerprint density at radius 3 is 1.80 bits per heavy atom. The fourth-order valence-electron chi connectivity index (χ4n) is 7.85. The second-order valence-corrected chi connectivity index (χ2v) is 12.6. The van der Waals surface area contributed by atoms with Crippen molar-refractivity contribution in [2.75, 3.05) is 38.1 Å². The lowest BCUT2D eigenvalue weighted by Crippen LogP contribution is -2.41. The number of hydrogen-bond donors (Lipinski definition) is 0. The highest BCUT2D eigenvalue weighted by Gasteiger charge is 2.59. The monoisotopic (exact) mass is 596 g/mol. The summed E-state index contributed by atoms with van der Waals surface area (Å²) >= 11 is 0. The molecular formula is C39H36N2O4. The lowest BCUT2D eigenvalue weighted by atomic mass is 9.60. The van der Waals surface area contributed by atoms with Crippen molar-refractivity contribution in [3.63, 3.8) is 0 Å². The maximum Gasteiger partial charge on any atom is 0.355 e. The number of nitrogens with zero attached hydrogens (tertiary/aromatic N) is 2. The standard InChI is InChI=1S/C39H36N2O4/c1-38(2)30-17-11-12-18-32(30)41-33(38)23-31(24-19-21-25(22-20-24)40(3)4)39(34(36(42)44-5)35(41)37(43)45-6)28-15-9-7-13-26(28)27-14-8-10-16-29(27)39/h7-23,31H,1-6H3. The summed E-state index contributed by atoms with van der Waals surface area (Å²) < 4.78 is 11.2. The van der Waals surface area contributed by atoms with Gasteiger partial charge in [0.1, 0.15) is 5.70 Å². The van der Waals surface area contributed by atoms with Crippen LogP contribution in [-0.4, -0.2) is 40.3 Å². The molecule has 0 N–H and O–H groups in total. The van der Waals surface area contributed by atoms with Gasteiger partial charge in [0.05, 0.1) is 30.9 Å². The number of hydrogen-bond acceptors (Lipinski definition) is 6. The van der Waals surface area contributed by atoms with E-state index in [9.17, 15) is 9.59 Å². The number of benzene rings is 4. The van der Waals surface area contributed by atoms with E-state index in [0.717, 1.165) is 50.5 Å². The molecule has 4 aromatic carbocycles. The summed E-state index contributed by atoms with van der Waals surface area (Å²) in [6.07, 6.45) is 2.28. The summed E-state index contributed by atoms with van der Waals surface area (Å²) in [6.45, 7) is 4.34. The van der Waals surface area contributed by atoms with E-state index >= 15 is 0 Å². The van der Waals surface area contributed by atoms with Crippen LogP contribution in [0.4, 0.5) is 11.4 Å². The minimum atomic E-state index is -1.12. The lowest BCUT2D eigenvalue weighted by molar-refractivity contribution is -0.140. The van der Waals surface area contributed by atoms with E-state index in [-0.39, 0.29) is 11.3 Å². The summed E-state index contributed by atoms with van der Waals surface area (Å²) in [4.78, 5) is 32.9. The molecule has 0 aromatic heterocycles. The van der Waals surface area contributed by atoms with Gasteiger partial charge in [0.25, 0.3) is 0 Å². The summed E-state index contributed by atoms with van der Waals surface area (Å²) in [5.41, 5.74) is 7.64. The van der Waals surface area contributed by atoms with Crippen molar-refractivity contribution in [3.8, 4) is 11.1 Å². The number of rotatable bonds is 4. The Morgan fingerprint density at radius 1 is 0.711 bits per heavy atom. The van der Waals surface area contributed by atoms with Crippen LogP contribution in [0.3, 0.4) is 0 Å². The average Bonchev–Trinajstić information content (AvgIpc) is 3.40. The van der Waals surface area contributed by atoms with Gasteiger partial charge in [-0.05, 0) is 51.6 Å². The zero-order valence-electron chi connectivity index (χ0n) is 26.4. The second-order valence-electron chi connectivity index (χ2n) is 12.6. The van der Waals surface area contributed by atoms with Gasteiger partial charge in [0, 0.05) is 36.8 Å². The Kier molecular flexibility index (Phi) is 6.52. The van der Waals surface area contributed by atoms with Crippen molar-refractivity contribution < 1.29 is 19.1 Å². The van der Waals surface area contributed by atoms with Crippen LogP contribution in [0.15, 0.2) is 120 Å². The lowest BCUT2D eigenvalue weighted by Gasteiger charge is -2.40. The van der Waals surface area contributed by atoms with E-state index in [2.05, 4.69) is 79.4 Å². The fraction of sp³-hybridized carbons (Fsp3) is 0.231. The van der Waals surface area contributed by atoms with Crippen molar-refractivity contribution in [2.24, 2.45) is 0 Å². The van der Waals surface area contributed by atoms with E-state index in [1.807, 2.05) is 61.5 Å². The van der Waals surface area contributed by atoms with Crippen LogP contribution >= 0.6 is 0 Å². The molecule has 0 saturated carbocycles. The van der Waals surface area contributed by atoms with Crippen LogP contribution in [0.2, 0.25) is 0 Å². The molecule has 0 amide bonds. The largest absolute Gasteiger partial charge is 0.466 e. The summed E-state index contributed by atoms with van der Waals surface area (Å²) in [6, 6.07) is 33.0. The van der Waals surface area contributed by atoms with Gasteiger partial charge in [0.15, 0.2) is 0 Å². The minimum absolute atomic E-state index is 0.174. The van der Waals surface area contributed by atoms with Crippen LogP contribution in [0.5, 0.6) is 0 Å². The van der Waals surface area contributed by atoms with Gasteiger partial charge in [-0.3, -0.25) is 0 Å². The van der Waals surface area contributed by atoms with E-state index in [4.69, 9.17) is 9.47 Å². The van der Waals surface area contributed by atoms with Crippen molar-refractivity contribution in [1.82, 2.24) is 0 Å². The summed E-state index contributed by atoms with van der Waals surface area (Å²) in [5, 5.41) is 0. The average molecular weight is 597 g/mol. The number of para-hydroxylation sites is 1. The first-order chi connectivity index (χ1) is 21.7. The highest BCUT2D eigenvalue weighted by atomic mass is 16.5. The second kappa shape index (κ2) is 10.2. The van der Waals surface area contributed by atoms with Crippen LogP contribution < -0.4 is 9.80 Å². The predicted octanol–water partition coefficient (Wildman–Crippen LogP) is 7.10.